The summed E-state index contributed by atoms with van der Waals surface area (Å²) < 4.78 is 14.8. The first kappa shape index (κ1) is 18.5. The summed E-state index contributed by atoms with van der Waals surface area (Å²) in [5.74, 6) is -1.43. The van der Waals surface area contributed by atoms with Crippen LogP contribution in [0.3, 0.4) is 0 Å². The molecule has 1 N–H and O–H groups in total. The fourth-order valence-corrected chi connectivity index (χ4v) is 3.32. The Morgan fingerprint density at radius 3 is 2.71 bits per heavy atom. The number of carboxylic acid groups (broad SMARTS) is 1. The summed E-state index contributed by atoms with van der Waals surface area (Å²) in [6.07, 6.45) is 3.87. The number of hydrogen-bond acceptors (Lipinski definition) is 5. The Labute approximate surface area is 144 Å². The first-order valence-corrected chi connectivity index (χ1v) is 8.70. The molecule has 0 unspecified atom stereocenters. The molecule has 5 nitrogen and oxygen atoms in total. The molecule has 0 amide bonds. The van der Waals surface area contributed by atoms with Crippen molar-refractivity contribution in [3.63, 3.8) is 0 Å². The van der Waals surface area contributed by atoms with Crippen LogP contribution in [-0.4, -0.2) is 25.9 Å². The van der Waals surface area contributed by atoms with Gasteiger partial charge in [0.05, 0.1) is 23.5 Å². The van der Waals surface area contributed by atoms with Crippen molar-refractivity contribution in [1.82, 2.24) is 9.55 Å². The average molecular weight is 351 g/mol. The largest absolute Gasteiger partial charge is 0.549 e. The number of aliphatic hydroxyl groups excluding tert-OH is 1. The van der Waals surface area contributed by atoms with Crippen molar-refractivity contribution in [2.75, 3.05) is 0 Å². The first-order chi connectivity index (χ1) is 11.5. The fourth-order valence-electron chi connectivity index (χ4n) is 2.26. The van der Waals surface area contributed by atoms with Gasteiger partial charge >= 0.3 is 0 Å². The summed E-state index contributed by atoms with van der Waals surface area (Å²) in [6, 6.07) is 6.07. The number of imidazole rings is 1. The summed E-state index contributed by atoms with van der Waals surface area (Å²) in [4.78, 5) is 15.6. The lowest BCUT2D eigenvalue weighted by Crippen LogP contribution is -2.33. The van der Waals surface area contributed by atoms with E-state index in [0.717, 1.165) is 30.2 Å². The molecular formula is C17H20FN2O3S-. The zero-order valence-electron chi connectivity index (χ0n) is 13.4. The number of aliphatic hydroxyl groups is 1. The standard InChI is InChI=1S/C17H21FN2O3S/c1-2-3-4-15(16(22)23)24-17-19-14(11-21)10-20(17)9-12-5-7-13(18)8-6-12/h5-8,10,15,21H,2-4,9,11H2,1H3,(H,22,23)/p-1/t15-/m1/s1. The summed E-state index contributed by atoms with van der Waals surface area (Å²) in [7, 11) is 0. The third-order valence-electron chi connectivity index (χ3n) is 3.55. The van der Waals surface area contributed by atoms with Gasteiger partial charge in [-0.2, -0.15) is 0 Å². The lowest BCUT2D eigenvalue weighted by atomic mass is 10.2. The second-order valence-corrected chi connectivity index (χ2v) is 6.66. The Morgan fingerprint density at radius 2 is 2.12 bits per heavy atom. The number of nitrogens with zero attached hydrogens (tertiary/aromatic N) is 2. The maximum absolute atomic E-state index is 13.0. The van der Waals surface area contributed by atoms with Crippen molar-refractivity contribution in [3.05, 3.63) is 47.5 Å². The van der Waals surface area contributed by atoms with Gasteiger partial charge in [-0.1, -0.05) is 43.7 Å². The number of carboxylic acids is 1. The molecule has 0 radical (unpaired) electrons. The van der Waals surface area contributed by atoms with E-state index >= 15 is 0 Å². The Balaban J connectivity index is 2.20. The molecule has 1 aromatic carbocycles. The Kier molecular flexibility index (Phi) is 6.81. The van der Waals surface area contributed by atoms with Crippen LogP contribution in [-0.2, 0) is 17.9 Å². The molecule has 1 heterocycles. The summed E-state index contributed by atoms with van der Waals surface area (Å²) >= 11 is 1.13. The molecule has 24 heavy (non-hydrogen) atoms. The average Bonchev–Trinajstić information content (AvgIpc) is 2.95. The molecule has 0 saturated carbocycles. The van der Waals surface area contributed by atoms with Gasteiger partial charge in [-0.25, -0.2) is 9.37 Å². The lowest BCUT2D eigenvalue weighted by Gasteiger charge is -2.17. The highest BCUT2D eigenvalue weighted by Crippen LogP contribution is 2.27. The Morgan fingerprint density at radius 1 is 1.42 bits per heavy atom. The number of halogens is 1. The molecular weight excluding hydrogens is 331 g/mol. The summed E-state index contributed by atoms with van der Waals surface area (Å²) in [5.41, 5.74) is 1.32. The molecule has 0 aliphatic rings. The van der Waals surface area contributed by atoms with Gasteiger partial charge in [-0.15, -0.1) is 0 Å². The van der Waals surface area contributed by atoms with Crippen molar-refractivity contribution in [3.8, 4) is 0 Å². The maximum Gasteiger partial charge on any atom is 0.169 e. The van der Waals surface area contributed by atoms with E-state index in [4.69, 9.17) is 0 Å². The SMILES string of the molecule is CCCC[C@@H](Sc1nc(CO)cn1Cc1ccc(F)cc1)C(=O)[O-]. The van der Waals surface area contributed by atoms with Crippen LogP contribution in [0.4, 0.5) is 4.39 Å². The molecule has 0 aliphatic carbocycles. The highest BCUT2D eigenvalue weighted by Gasteiger charge is 2.17. The van der Waals surface area contributed by atoms with Crippen LogP contribution in [0, 0.1) is 5.82 Å². The van der Waals surface area contributed by atoms with E-state index in [2.05, 4.69) is 4.98 Å². The van der Waals surface area contributed by atoms with Crippen molar-refractivity contribution in [2.45, 2.75) is 49.7 Å². The molecule has 2 aromatic rings. The number of hydrogen-bond donors (Lipinski definition) is 1. The topological polar surface area (TPSA) is 78.2 Å². The van der Waals surface area contributed by atoms with Gasteiger partial charge in [0.2, 0.25) is 0 Å². The second kappa shape index (κ2) is 8.84. The van der Waals surface area contributed by atoms with Gasteiger partial charge in [0.25, 0.3) is 0 Å². The summed E-state index contributed by atoms with van der Waals surface area (Å²) in [6.45, 7) is 2.19. The number of carbonyl (C=O) groups is 1. The Bertz CT molecular complexity index is 673. The van der Waals surface area contributed by atoms with E-state index in [1.165, 1.54) is 12.1 Å². The van der Waals surface area contributed by atoms with Gasteiger partial charge in [-0.05, 0) is 24.1 Å². The minimum atomic E-state index is -1.12. The number of thioether (sulfide) groups is 1. The molecule has 0 spiro atoms. The third kappa shape index (κ3) is 5.07. The summed E-state index contributed by atoms with van der Waals surface area (Å²) in [5, 5.41) is 20.5. The van der Waals surface area contributed by atoms with E-state index < -0.39 is 11.2 Å². The van der Waals surface area contributed by atoms with E-state index in [0.29, 0.717) is 23.8 Å². The zero-order valence-corrected chi connectivity index (χ0v) is 14.3. The minimum absolute atomic E-state index is 0.227. The van der Waals surface area contributed by atoms with E-state index in [9.17, 15) is 19.4 Å². The number of benzene rings is 1. The molecule has 1 atom stereocenters. The van der Waals surface area contributed by atoms with Gasteiger partial charge in [-0.3, -0.25) is 0 Å². The van der Waals surface area contributed by atoms with Crippen molar-refractivity contribution in [2.24, 2.45) is 0 Å². The number of rotatable bonds is 9. The minimum Gasteiger partial charge on any atom is -0.549 e. The molecule has 2 rings (SSSR count). The Hall–Kier alpha value is -1.86. The smallest absolute Gasteiger partial charge is 0.169 e. The second-order valence-electron chi connectivity index (χ2n) is 5.50. The van der Waals surface area contributed by atoms with Crippen LogP contribution in [0.5, 0.6) is 0 Å². The van der Waals surface area contributed by atoms with Gasteiger partial charge < -0.3 is 19.6 Å². The quantitative estimate of drug-likeness (QED) is 0.699. The lowest BCUT2D eigenvalue weighted by molar-refractivity contribution is -0.304. The van der Waals surface area contributed by atoms with Crippen molar-refractivity contribution >= 4 is 17.7 Å². The molecule has 0 fully saturated rings. The zero-order chi connectivity index (χ0) is 17.5. The highest BCUT2D eigenvalue weighted by atomic mass is 32.2. The normalized spacial score (nSPS) is 12.3. The van der Waals surface area contributed by atoms with Crippen LogP contribution in [0.15, 0.2) is 35.6 Å². The van der Waals surface area contributed by atoms with E-state index in [1.807, 2.05) is 6.92 Å². The van der Waals surface area contributed by atoms with E-state index in [1.54, 1.807) is 22.9 Å². The van der Waals surface area contributed by atoms with Crippen molar-refractivity contribution in [1.29, 1.82) is 0 Å². The van der Waals surface area contributed by atoms with E-state index in [-0.39, 0.29) is 12.4 Å². The number of carbonyl (C=O) groups excluding carboxylic acids is 1. The van der Waals surface area contributed by atoms with Crippen molar-refractivity contribution < 1.29 is 19.4 Å². The molecule has 0 saturated heterocycles. The van der Waals surface area contributed by atoms with Crippen LogP contribution < -0.4 is 5.11 Å². The van der Waals surface area contributed by atoms with Crippen LogP contribution >= 0.6 is 11.8 Å². The van der Waals surface area contributed by atoms with Gasteiger partial charge in [0, 0.05) is 12.7 Å². The molecule has 7 heteroatoms. The molecule has 0 aliphatic heterocycles. The third-order valence-corrected chi connectivity index (χ3v) is 4.80. The monoisotopic (exact) mass is 351 g/mol. The first-order valence-electron chi connectivity index (χ1n) is 7.82. The molecule has 0 bridgehead atoms. The number of unbranched alkanes of at least 4 members (excludes halogenated alkanes) is 1. The van der Waals surface area contributed by atoms with Gasteiger partial charge in [0.1, 0.15) is 5.82 Å². The van der Waals surface area contributed by atoms with Gasteiger partial charge in [0.15, 0.2) is 5.16 Å². The predicted molar refractivity (Wildman–Crippen MR) is 87.8 cm³/mol. The van der Waals surface area contributed by atoms with Crippen LogP contribution in [0.2, 0.25) is 0 Å². The predicted octanol–water partition coefficient (Wildman–Crippen LogP) is 1.96. The number of aliphatic carboxylic acids is 1. The molecule has 1 aromatic heterocycles. The van der Waals surface area contributed by atoms with Crippen LogP contribution in [0.1, 0.15) is 37.4 Å². The number of aromatic nitrogens is 2. The maximum atomic E-state index is 13.0. The highest BCUT2D eigenvalue weighted by molar-refractivity contribution is 8.00. The van der Waals surface area contributed by atoms with Crippen LogP contribution in [0.25, 0.3) is 0 Å². The molecule has 130 valence electrons. The fraction of sp³-hybridized carbons (Fsp3) is 0.412.